The standard InChI is InChI=1S/C18H14N2O2/c21-20-17-4-2-13-11-14(1-3-15(13)17)16-7-10-22-18(16)12-5-8-19-9-6-12/h1,3,5-11,21H,2,4H2. The largest absolute Gasteiger partial charge is 0.464 e. The van der Waals surface area contributed by atoms with Gasteiger partial charge in [-0.1, -0.05) is 23.4 Å². The predicted molar refractivity (Wildman–Crippen MR) is 84.0 cm³/mol. The molecule has 0 atom stereocenters. The summed E-state index contributed by atoms with van der Waals surface area (Å²) in [6, 6.07) is 12.1. The van der Waals surface area contributed by atoms with Crippen LogP contribution in [0.15, 0.2) is 64.6 Å². The third-order valence-electron chi connectivity index (χ3n) is 4.09. The molecule has 1 aliphatic carbocycles. The van der Waals surface area contributed by atoms with E-state index in [1.54, 1.807) is 18.7 Å². The lowest BCUT2D eigenvalue weighted by atomic mass is 9.99. The number of hydrogen-bond donors (Lipinski definition) is 1. The van der Waals surface area contributed by atoms with Crippen molar-refractivity contribution in [2.24, 2.45) is 5.16 Å². The summed E-state index contributed by atoms with van der Waals surface area (Å²) in [7, 11) is 0. The first-order chi connectivity index (χ1) is 10.9. The van der Waals surface area contributed by atoms with Crippen LogP contribution in [0, 0.1) is 0 Å². The molecule has 2 aromatic heterocycles. The van der Waals surface area contributed by atoms with E-state index in [1.165, 1.54) is 5.56 Å². The Kier molecular flexibility index (Phi) is 3.00. The van der Waals surface area contributed by atoms with Crippen LogP contribution in [0.25, 0.3) is 22.5 Å². The van der Waals surface area contributed by atoms with Crippen molar-refractivity contribution in [3.63, 3.8) is 0 Å². The Morgan fingerprint density at radius 1 is 0.955 bits per heavy atom. The Labute approximate surface area is 127 Å². The zero-order valence-electron chi connectivity index (χ0n) is 11.9. The molecule has 4 heteroatoms. The molecular weight excluding hydrogens is 276 g/mol. The number of rotatable bonds is 2. The Hall–Kier alpha value is -2.88. The molecule has 0 aliphatic heterocycles. The lowest BCUT2D eigenvalue weighted by molar-refractivity contribution is 0.318. The fourth-order valence-electron chi connectivity index (χ4n) is 3.00. The average molecular weight is 290 g/mol. The van der Waals surface area contributed by atoms with Gasteiger partial charge in [-0.2, -0.15) is 0 Å². The highest BCUT2D eigenvalue weighted by molar-refractivity contribution is 6.04. The molecule has 0 fully saturated rings. The maximum absolute atomic E-state index is 9.03. The van der Waals surface area contributed by atoms with Gasteiger partial charge in [0.05, 0.1) is 12.0 Å². The first-order valence-electron chi connectivity index (χ1n) is 7.19. The molecule has 0 spiro atoms. The third-order valence-corrected chi connectivity index (χ3v) is 4.09. The number of fused-ring (bicyclic) bond motifs is 1. The van der Waals surface area contributed by atoms with E-state index in [1.807, 2.05) is 30.3 Å². The molecule has 0 radical (unpaired) electrons. The number of furan rings is 1. The van der Waals surface area contributed by atoms with E-state index in [2.05, 4.69) is 16.2 Å². The molecule has 22 heavy (non-hydrogen) atoms. The van der Waals surface area contributed by atoms with Crippen molar-refractivity contribution in [1.29, 1.82) is 0 Å². The number of nitrogens with zero attached hydrogens (tertiary/aromatic N) is 2. The SMILES string of the molecule is ON=C1CCc2cc(-c3ccoc3-c3ccncc3)ccc21. The van der Waals surface area contributed by atoms with E-state index in [0.29, 0.717) is 0 Å². The van der Waals surface area contributed by atoms with E-state index in [-0.39, 0.29) is 0 Å². The first kappa shape index (κ1) is 12.8. The molecule has 1 aliphatic rings. The normalized spacial score (nSPS) is 15.2. The van der Waals surface area contributed by atoms with Gasteiger partial charge < -0.3 is 9.62 Å². The van der Waals surface area contributed by atoms with E-state index >= 15 is 0 Å². The highest BCUT2D eigenvalue weighted by atomic mass is 16.4. The Morgan fingerprint density at radius 3 is 2.64 bits per heavy atom. The number of aryl methyl sites for hydroxylation is 1. The van der Waals surface area contributed by atoms with Gasteiger partial charge in [-0.15, -0.1) is 0 Å². The molecule has 2 heterocycles. The third kappa shape index (κ3) is 2.00. The molecular formula is C18H14N2O2. The van der Waals surface area contributed by atoms with Gasteiger partial charge in [0.2, 0.25) is 0 Å². The monoisotopic (exact) mass is 290 g/mol. The zero-order valence-corrected chi connectivity index (χ0v) is 11.9. The molecule has 0 saturated carbocycles. The van der Waals surface area contributed by atoms with Crippen LogP contribution < -0.4 is 0 Å². The van der Waals surface area contributed by atoms with Gasteiger partial charge in [0.1, 0.15) is 5.76 Å². The van der Waals surface area contributed by atoms with Crippen molar-refractivity contribution < 1.29 is 9.62 Å². The minimum absolute atomic E-state index is 0.767. The second-order valence-corrected chi connectivity index (χ2v) is 5.32. The van der Waals surface area contributed by atoms with Crippen molar-refractivity contribution in [2.75, 3.05) is 0 Å². The Morgan fingerprint density at radius 2 is 1.82 bits per heavy atom. The summed E-state index contributed by atoms with van der Waals surface area (Å²) < 4.78 is 5.68. The van der Waals surface area contributed by atoms with E-state index in [9.17, 15) is 0 Å². The van der Waals surface area contributed by atoms with Crippen LogP contribution in [0.2, 0.25) is 0 Å². The fourth-order valence-corrected chi connectivity index (χ4v) is 3.00. The van der Waals surface area contributed by atoms with Crippen molar-refractivity contribution >= 4 is 5.71 Å². The summed E-state index contributed by atoms with van der Waals surface area (Å²) in [5.74, 6) is 0.844. The summed E-state index contributed by atoms with van der Waals surface area (Å²) in [6.45, 7) is 0. The number of benzene rings is 1. The first-order valence-corrected chi connectivity index (χ1v) is 7.19. The van der Waals surface area contributed by atoms with Crippen LogP contribution in [0.3, 0.4) is 0 Å². The molecule has 1 aromatic carbocycles. The minimum atomic E-state index is 0.767. The fraction of sp³-hybridized carbons (Fsp3) is 0.111. The summed E-state index contributed by atoms with van der Waals surface area (Å²) in [5.41, 5.74) is 6.20. The molecule has 0 amide bonds. The predicted octanol–water partition coefficient (Wildman–Crippen LogP) is 4.13. The van der Waals surface area contributed by atoms with Crippen LogP contribution in [0.1, 0.15) is 17.5 Å². The molecule has 0 bridgehead atoms. The van der Waals surface area contributed by atoms with E-state index in [4.69, 9.17) is 9.62 Å². The van der Waals surface area contributed by atoms with Gasteiger partial charge in [0.15, 0.2) is 0 Å². The average Bonchev–Trinajstić information content (AvgIpc) is 3.21. The van der Waals surface area contributed by atoms with Gasteiger partial charge in [0, 0.05) is 29.1 Å². The highest BCUT2D eigenvalue weighted by Gasteiger charge is 2.20. The van der Waals surface area contributed by atoms with Crippen molar-refractivity contribution in [1.82, 2.24) is 4.98 Å². The molecule has 4 nitrogen and oxygen atoms in total. The highest BCUT2D eigenvalue weighted by Crippen LogP contribution is 2.35. The maximum atomic E-state index is 9.03. The maximum Gasteiger partial charge on any atom is 0.141 e. The minimum Gasteiger partial charge on any atom is -0.464 e. The van der Waals surface area contributed by atoms with Gasteiger partial charge in [-0.3, -0.25) is 4.98 Å². The van der Waals surface area contributed by atoms with Gasteiger partial charge >= 0.3 is 0 Å². The van der Waals surface area contributed by atoms with Crippen LogP contribution in [0.4, 0.5) is 0 Å². The van der Waals surface area contributed by atoms with Gasteiger partial charge in [0.25, 0.3) is 0 Å². The summed E-state index contributed by atoms with van der Waals surface area (Å²) in [5, 5.41) is 12.4. The molecule has 108 valence electrons. The smallest absolute Gasteiger partial charge is 0.141 e. The Bertz CT molecular complexity index is 851. The van der Waals surface area contributed by atoms with Crippen molar-refractivity contribution in [2.45, 2.75) is 12.8 Å². The Balaban J connectivity index is 1.80. The summed E-state index contributed by atoms with van der Waals surface area (Å²) in [4.78, 5) is 4.04. The molecule has 3 aromatic rings. The molecule has 4 rings (SSSR count). The van der Waals surface area contributed by atoms with Crippen molar-refractivity contribution in [3.05, 3.63) is 66.2 Å². The van der Waals surface area contributed by atoms with Gasteiger partial charge in [-0.25, -0.2) is 0 Å². The molecule has 1 N–H and O–H groups in total. The lowest BCUT2D eigenvalue weighted by Crippen LogP contribution is -1.93. The van der Waals surface area contributed by atoms with Crippen LogP contribution in [-0.4, -0.2) is 15.9 Å². The molecule has 0 saturated heterocycles. The van der Waals surface area contributed by atoms with Crippen LogP contribution in [0.5, 0.6) is 0 Å². The lowest BCUT2D eigenvalue weighted by Gasteiger charge is -2.06. The van der Waals surface area contributed by atoms with E-state index in [0.717, 1.165) is 46.6 Å². The van der Waals surface area contributed by atoms with Crippen molar-refractivity contribution in [3.8, 4) is 22.5 Å². The molecule has 0 unspecified atom stereocenters. The number of pyridine rings is 1. The summed E-state index contributed by atoms with van der Waals surface area (Å²) in [6.07, 6.45) is 6.92. The van der Waals surface area contributed by atoms with Gasteiger partial charge in [-0.05, 0) is 42.2 Å². The zero-order chi connectivity index (χ0) is 14.9. The quantitative estimate of drug-likeness (QED) is 0.570. The van der Waals surface area contributed by atoms with E-state index < -0.39 is 0 Å². The topological polar surface area (TPSA) is 58.6 Å². The number of hydrogen-bond acceptors (Lipinski definition) is 4. The van der Waals surface area contributed by atoms with Crippen LogP contribution >= 0.6 is 0 Å². The second kappa shape index (κ2) is 5.15. The number of oxime groups is 1. The second-order valence-electron chi connectivity index (χ2n) is 5.32. The van der Waals surface area contributed by atoms with Crippen LogP contribution in [-0.2, 0) is 6.42 Å². The number of aromatic nitrogens is 1. The summed E-state index contributed by atoms with van der Waals surface area (Å²) >= 11 is 0.